The van der Waals surface area contributed by atoms with Crippen molar-refractivity contribution in [3.8, 4) is 0 Å². The van der Waals surface area contributed by atoms with Crippen molar-refractivity contribution in [2.75, 3.05) is 13.6 Å². The van der Waals surface area contributed by atoms with Crippen LogP contribution >= 0.6 is 0 Å². The molecule has 19 heavy (non-hydrogen) atoms. The van der Waals surface area contributed by atoms with Crippen molar-refractivity contribution in [3.05, 3.63) is 29.6 Å². The van der Waals surface area contributed by atoms with Gasteiger partial charge < -0.3 is 15.6 Å². The number of aryl methyl sites for hydroxylation is 1. The molecule has 1 aromatic carbocycles. The third-order valence-corrected chi connectivity index (χ3v) is 3.10. The van der Waals surface area contributed by atoms with Crippen molar-refractivity contribution in [3.63, 3.8) is 0 Å². The summed E-state index contributed by atoms with van der Waals surface area (Å²) in [6.45, 7) is 3.10. The zero-order chi connectivity index (χ0) is 13.8. The van der Waals surface area contributed by atoms with E-state index in [1.807, 2.05) is 32.2 Å². The Balaban J connectivity index is 2.05. The summed E-state index contributed by atoms with van der Waals surface area (Å²) in [6, 6.07) is 6.03. The standard InChI is InChI=1S/C14H20N4O/c1-10-16-12-6-5-11(8-13(12)17-10)9-18(2)14(19)4-3-7-15/h5-6,8H,3-4,7,9,15H2,1-2H3,(H,16,17). The SMILES string of the molecule is Cc1nc2ccc(CN(C)C(=O)CCCN)cc2[nH]1. The molecule has 5 nitrogen and oxygen atoms in total. The molecule has 0 fully saturated rings. The zero-order valence-corrected chi connectivity index (χ0v) is 11.4. The fourth-order valence-electron chi connectivity index (χ4n) is 2.09. The highest BCUT2D eigenvalue weighted by Crippen LogP contribution is 2.15. The molecule has 0 bridgehead atoms. The van der Waals surface area contributed by atoms with Crippen molar-refractivity contribution in [1.82, 2.24) is 14.9 Å². The lowest BCUT2D eigenvalue weighted by Crippen LogP contribution is -2.26. The highest BCUT2D eigenvalue weighted by atomic mass is 16.2. The van der Waals surface area contributed by atoms with Crippen LogP contribution in [0.1, 0.15) is 24.2 Å². The number of benzene rings is 1. The molecule has 102 valence electrons. The monoisotopic (exact) mass is 260 g/mol. The Hall–Kier alpha value is -1.88. The molecule has 1 amide bonds. The normalized spacial score (nSPS) is 10.9. The zero-order valence-electron chi connectivity index (χ0n) is 11.4. The van der Waals surface area contributed by atoms with Gasteiger partial charge in [-0.1, -0.05) is 6.07 Å². The molecule has 5 heteroatoms. The van der Waals surface area contributed by atoms with Crippen LogP contribution < -0.4 is 5.73 Å². The number of hydrogen-bond donors (Lipinski definition) is 2. The minimum atomic E-state index is 0.131. The van der Waals surface area contributed by atoms with Crippen LogP contribution in [0.4, 0.5) is 0 Å². The van der Waals surface area contributed by atoms with Gasteiger partial charge in [-0.05, 0) is 37.6 Å². The lowest BCUT2D eigenvalue weighted by molar-refractivity contribution is -0.130. The number of aromatic amines is 1. The number of aromatic nitrogens is 2. The number of nitrogens with two attached hydrogens (primary N) is 1. The Morgan fingerprint density at radius 3 is 3.00 bits per heavy atom. The first-order valence-electron chi connectivity index (χ1n) is 6.49. The van der Waals surface area contributed by atoms with Gasteiger partial charge in [-0.2, -0.15) is 0 Å². The van der Waals surface area contributed by atoms with E-state index in [9.17, 15) is 4.79 Å². The van der Waals surface area contributed by atoms with Gasteiger partial charge in [0.1, 0.15) is 5.82 Å². The molecular formula is C14H20N4O. The second kappa shape index (κ2) is 5.84. The predicted octanol–water partition coefficient (Wildman–Crippen LogP) is 1.57. The van der Waals surface area contributed by atoms with Gasteiger partial charge in [0.2, 0.25) is 5.91 Å². The number of amides is 1. The van der Waals surface area contributed by atoms with Gasteiger partial charge in [-0.15, -0.1) is 0 Å². The van der Waals surface area contributed by atoms with E-state index >= 15 is 0 Å². The van der Waals surface area contributed by atoms with Crippen molar-refractivity contribution >= 4 is 16.9 Å². The molecule has 3 N–H and O–H groups in total. The van der Waals surface area contributed by atoms with E-state index in [1.165, 1.54) is 0 Å². The topological polar surface area (TPSA) is 75.0 Å². The molecule has 0 aliphatic rings. The van der Waals surface area contributed by atoms with Gasteiger partial charge in [0.05, 0.1) is 11.0 Å². The fraction of sp³-hybridized carbons (Fsp3) is 0.429. The quantitative estimate of drug-likeness (QED) is 0.856. The third-order valence-electron chi connectivity index (χ3n) is 3.10. The van der Waals surface area contributed by atoms with Crippen LogP contribution in [0.2, 0.25) is 0 Å². The maximum absolute atomic E-state index is 11.8. The molecule has 0 saturated carbocycles. The molecule has 0 unspecified atom stereocenters. The molecular weight excluding hydrogens is 240 g/mol. The van der Waals surface area contributed by atoms with Crippen molar-refractivity contribution in [1.29, 1.82) is 0 Å². The molecule has 0 atom stereocenters. The van der Waals surface area contributed by atoms with Gasteiger partial charge in [-0.3, -0.25) is 4.79 Å². The van der Waals surface area contributed by atoms with Crippen LogP contribution in [-0.4, -0.2) is 34.4 Å². The number of carbonyl (C=O) groups is 1. The summed E-state index contributed by atoms with van der Waals surface area (Å²) in [5.41, 5.74) is 8.48. The van der Waals surface area contributed by atoms with E-state index in [-0.39, 0.29) is 5.91 Å². The highest BCUT2D eigenvalue weighted by molar-refractivity contribution is 5.77. The van der Waals surface area contributed by atoms with Crippen LogP contribution in [0.5, 0.6) is 0 Å². The van der Waals surface area contributed by atoms with Gasteiger partial charge in [0.25, 0.3) is 0 Å². The second-order valence-electron chi connectivity index (χ2n) is 4.82. The molecule has 1 heterocycles. The summed E-state index contributed by atoms with van der Waals surface area (Å²) in [5, 5.41) is 0. The molecule has 0 spiro atoms. The smallest absolute Gasteiger partial charge is 0.222 e. The van der Waals surface area contributed by atoms with E-state index in [1.54, 1.807) is 4.90 Å². The largest absolute Gasteiger partial charge is 0.342 e. The number of nitrogens with zero attached hydrogens (tertiary/aromatic N) is 2. The average Bonchev–Trinajstić information content (AvgIpc) is 2.75. The van der Waals surface area contributed by atoms with Crippen LogP contribution in [0.3, 0.4) is 0 Å². The van der Waals surface area contributed by atoms with E-state index in [4.69, 9.17) is 5.73 Å². The molecule has 1 aromatic heterocycles. The van der Waals surface area contributed by atoms with E-state index in [0.717, 1.165) is 28.8 Å². The second-order valence-corrected chi connectivity index (χ2v) is 4.82. The summed E-state index contributed by atoms with van der Waals surface area (Å²) in [4.78, 5) is 21.1. The summed E-state index contributed by atoms with van der Waals surface area (Å²) in [6.07, 6.45) is 1.25. The first-order valence-corrected chi connectivity index (χ1v) is 6.49. The fourth-order valence-corrected chi connectivity index (χ4v) is 2.09. The predicted molar refractivity (Wildman–Crippen MR) is 75.6 cm³/mol. The molecule has 2 aromatic rings. The number of carbonyl (C=O) groups excluding carboxylic acids is 1. The van der Waals surface area contributed by atoms with Gasteiger partial charge in [0, 0.05) is 20.0 Å². The van der Waals surface area contributed by atoms with Gasteiger partial charge in [0.15, 0.2) is 0 Å². The number of H-pyrrole nitrogens is 1. The molecule has 0 radical (unpaired) electrons. The van der Waals surface area contributed by atoms with Crippen LogP contribution in [0.15, 0.2) is 18.2 Å². The van der Waals surface area contributed by atoms with Crippen molar-refractivity contribution in [2.24, 2.45) is 5.73 Å². The molecule has 2 rings (SSSR count). The highest BCUT2D eigenvalue weighted by Gasteiger charge is 2.09. The van der Waals surface area contributed by atoms with E-state index < -0.39 is 0 Å². The minimum Gasteiger partial charge on any atom is -0.342 e. The Morgan fingerprint density at radius 1 is 1.47 bits per heavy atom. The Kier molecular flexibility index (Phi) is 4.16. The molecule has 0 aliphatic carbocycles. The van der Waals surface area contributed by atoms with E-state index in [0.29, 0.717) is 19.5 Å². The number of nitrogens with one attached hydrogen (secondary N) is 1. The van der Waals surface area contributed by atoms with Gasteiger partial charge >= 0.3 is 0 Å². The van der Waals surface area contributed by atoms with Crippen LogP contribution in [0.25, 0.3) is 11.0 Å². The average molecular weight is 260 g/mol. The lowest BCUT2D eigenvalue weighted by atomic mass is 10.2. The van der Waals surface area contributed by atoms with Crippen molar-refractivity contribution in [2.45, 2.75) is 26.3 Å². The van der Waals surface area contributed by atoms with Crippen molar-refractivity contribution < 1.29 is 4.79 Å². The summed E-state index contributed by atoms with van der Waals surface area (Å²) in [5.74, 6) is 1.03. The maximum Gasteiger partial charge on any atom is 0.222 e. The number of imidazole rings is 1. The number of hydrogen-bond acceptors (Lipinski definition) is 3. The Bertz CT molecular complexity index is 576. The summed E-state index contributed by atoms with van der Waals surface area (Å²) < 4.78 is 0. The first kappa shape index (κ1) is 13.5. The first-order chi connectivity index (χ1) is 9.10. The number of fused-ring (bicyclic) bond motifs is 1. The lowest BCUT2D eigenvalue weighted by Gasteiger charge is -2.17. The summed E-state index contributed by atoms with van der Waals surface area (Å²) in [7, 11) is 1.82. The van der Waals surface area contributed by atoms with Gasteiger partial charge in [-0.25, -0.2) is 4.98 Å². The molecule has 0 saturated heterocycles. The third kappa shape index (κ3) is 3.32. The maximum atomic E-state index is 11.8. The number of rotatable bonds is 5. The Labute approximate surface area is 112 Å². The Morgan fingerprint density at radius 2 is 2.26 bits per heavy atom. The molecule has 0 aliphatic heterocycles. The van der Waals surface area contributed by atoms with Crippen LogP contribution in [-0.2, 0) is 11.3 Å². The minimum absolute atomic E-state index is 0.131. The van der Waals surface area contributed by atoms with Crippen LogP contribution in [0, 0.1) is 6.92 Å². The van der Waals surface area contributed by atoms with E-state index in [2.05, 4.69) is 9.97 Å². The summed E-state index contributed by atoms with van der Waals surface area (Å²) >= 11 is 0.